The van der Waals surface area contributed by atoms with E-state index in [0.29, 0.717) is 5.69 Å². The van der Waals surface area contributed by atoms with E-state index < -0.39 is 0 Å². The van der Waals surface area contributed by atoms with E-state index in [2.05, 4.69) is 20.1 Å². The molecule has 2 aromatic heterocycles. The topological polar surface area (TPSA) is 61.6 Å². The summed E-state index contributed by atoms with van der Waals surface area (Å²) in [6, 6.07) is 4.05. The number of carbonyl (C=O) groups excluding carboxylic acids is 1. The van der Waals surface area contributed by atoms with Gasteiger partial charge in [-0.2, -0.15) is 11.8 Å². The van der Waals surface area contributed by atoms with E-state index in [-0.39, 0.29) is 11.9 Å². The number of amides is 1. The van der Waals surface area contributed by atoms with Crippen molar-refractivity contribution in [2.24, 2.45) is 5.92 Å². The van der Waals surface area contributed by atoms with Gasteiger partial charge in [0.25, 0.3) is 5.91 Å². The standard InChI is InChI=1S/C19H24N4O2S/c24-19(21-15-7-13-1-2-22(11-13)12-15)16-9-17-14(10-20-16)8-18(25-17)23-3-5-26-6-4-23/h8-10,13,15H,1-7,11-12H2,(H,21,24)/t13-,15+/m0/s1. The van der Waals surface area contributed by atoms with Crippen LogP contribution < -0.4 is 10.2 Å². The summed E-state index contributed by atoms with van der Waals surface area (Å²) in [4.78, 5) is 21.7. The Hall–Kier alpha value is -1.73. The Morgan fingerprint density at radius 3 is 2.96 bits per heavy atom. The number of hydrogen-bond acceptors (Lipinski definition) is 6. The number of anilines is 1. The fourth-order valence-electron chi connectivity index (χ4n) is 4.41. The Bertz CT molecular complexity index is 805. The predicted octanol–water partition coefficient (Wildman–Crippen LogP) is 2.21. The molecule has 3 aliphatic rings. The normalized spacial score (nSPS) is 28.5. The van der Waals surface area contributed by atoms with E-state index in [1.165, 1.54) is 19.5 Å². The van der Waals surface area contributed by atoms with Gasteiger partial charge in [0.2, 0.25) is 0 Å². The molecule has 3 saturated heterocycles. The third-order valence-corrected chi connectivity index (χ3v) is 6.69. The van der Waals surface area contributed by atoms with Crippen molar-refractivity contribution < 1.29 is 9.21 Å². The molecule has 0 radical (unpaired) electrons. The number of rotatable bonds is 3. The van der Waals surface area contributed by atoms with Gasteiger partial charge < -0.3 is 19.5 Å². The first-order valence-corrected chi connectivity index (χ1v) is 10.7. The van der Waals surface area contributed by atoms with Crippen LogP contribution in [-0.4, -0.2) is 66.1 Å². The number of hydrogen-bond donors (Lipinski definition) is 1. The third-order valence-electron chi connectivity index (χ3n) is 5.75. The summed E-state index contributed by atoms with van der Waals surface area (Å²) in [5.74, 6) is 3.79. The van der Waals surface area contributed by atoms with Crippen LogP contribution in [0, 0.1) is 5.92 Å². The predicted molar refractivity (Wildman–Crippen MR) is 104 cm³/mol. The lowest BCUT2D eigenvalue weighted by atomic mass is 9.97. The highest BCUT2D eigenvalue weighted by molar-refractivity contribution is 7.99. The van der Waals surface area contributed by atoms with Gasteiger partial charge in [0.05, 0.1) is 0 Å². The molecule has 5 heterocycles. The molecular weight excluding hydrogens is 348 g/mol. The van der Waals surface area contributed by atoms with Crippen molar-refractivity contribution in [2.45, 2.75) is 18.9 Å². The molecular formula is C19H24N4O2S. The number of thioether (sulfide) groups is 1. The lowest BCUT2D eigenvalue weighted by molar-refractivity contribution is 0.0904. The molecule has 2 aromatic rings. The van der Waals surface area contributed by atoms with Gasteiger partial charge in [-0.15, -0.1) is 0 Å². The molecule has 0 saturated carbocycles. The van der Waals surface area contributed by atoms with Crippen LogP contribution in [0.3, 0.4) is 0 Å². The number of nitrogens with zero attached hydrogens (tertiary/aromatic N) is 3. The van der Waals surface area contributed by atoms with Crippen LogP contribution in [-0.2, 0) is 0 Å². The maximum absolute atomic E-state index is 12.7. The Balaban J connectivity index is 1.31. The minimum atomic E-state index is -0.0910. The summed E-state index contributed by atoms with van der Waals surface area (Å²) < 4.78 is 6.02. The monoisotopic (exact) mass is 372 g/mol. The number of furan rings is 1. The second kappa shape index (κ2) is 6.78. The summed E-state index contributed by atoms with van der Waals surface area (Å²) in [5, 5.41) is 4.13. The highest BCUT2D eigenvalue weighted by Crippen LogP contribution is 2.29. The summed E-state index contributed by atoms with van der Waals surface area (Å²) in [7, 11) is 0. The summed E-state index contributed by atoms with van der Waals surface area (Å²) in [5.41, 5.74) is 1.19. The zero-order valence-electron chi connectivity index (χ0n) is 14.8. The molecule has 0 spiro atoms. The van der Waals surface area contributed by atoms with Crippen LogP contribution >= 0.6 is 11.8 Å². The first kappa shape index (κ1) is 16.4. The molecule has 7 heteroatoms. The maximum atomic E-state index is 12.7. The van der Waals surface area contributed by atoms with Gasteiger partial charge >= 0.3 is 0 Å². The Kier molecular flexibility index (Phi) is 4.29. The molecule has 6 nitrogen and oxygen atoms in total. The van der Waals surface area contributed by atoms with Crippen molar-refractivity contribution in [3.05, 3.63) is 24.0 Å². The average molecular weight is 372 g/mol. The van der Waals surface area contributed by atoms with E-state index in [1.54, 1.807) is 12.3 Å². The fourth-order valence-corrected chi connectivity index (χ4v) is 5.31. The van der Waals surface area contributed by atoms with Gasteiger partial charge in [-0.05, 0) is 25.3 Å². The SMILES string of the molecule is O=C(N[C@@H]1C[C@@H]2CCN(C2)C1)c1cc2oc(N3CCSCC3)cc2cn1. The zero-order valence-corrected chi connectivity index (χ0v) is 15.6. The average Bonchev–Trinajstić information content (AvgIpc) is 3.24. The van der Waals surface area contributed by atoms with E-state index in [0.717, 1.165) is 60.3 Å². The summed E-state index contributed by atoms with van der Waals surface area (Å²) in [6.45, 7) is 5.34. The second-order valence-electron chi connectivity index (χ2n) is 7.61. The van der Waals surface area contributed by atoms with Gasteiger partial charge in [0.15, 0.2) is 5.88 Å². The van der Waals surface area contributed by atoms with Crippen molar-refractivity contribution >= 4 is 34.5 Å². The number of nitrogens with one attached hydrogen (secondary N) is 1. The van der Waals surface area contributed by atoms with Crippen molar-refractivity contribution in [3.63, 3.8) is 0 Å². The maximum Gasteiger partial charge on any atom is 0.270 e. The molecule has 1 unspecified atom stereocenters. The molecule has 26 heavy (non-hydrogen) atoms. The molecule has 1 amide bonds. The molecule has 1 N–H and O–H groups in total. The van der Waals surface area contributed by atoms with Gasteiger partial charge in [0.1, 0.15) is 11.3 Å². The molecule has 138 valence electrons. The first-order chi connectivity index (χ1) is 12.7. The zero-order chi connectivity index (χ0) is 17.5. The van der Waals surface area contributed by atoms with Crippen LogP contribution in [0.15, 0.2) is 22.7 Å². The first-order valence-electron chi connectivity index (χ1n) is 9.50. The van der Waals surface area contributed by atoms with E-state index in [1.807, 2.05) is 17.8 Å². The van der Waals surface area contributed by atoms with Gasteiger partial charge in [0, 0.05) is 67.4 Å². The highest BCUT2D eigenvalue weighted by Gasteiger charge is 2.33. The van der Waals surface area contributed by atoms with E-state index in [4.69, 9.17) is 4.42 Å². The summed E-state index contributed by atoms with van der Waals surface area (Å²) >= 11 is 1.98. The number of pyridine rings is 1. The molecule has 3 aliphatic heterocycles. The lowest BCUT2D eigenvalue weighted by Gasteiger charge is -2.30. The number of aromatic nitrogens is 1. The van der Waals surface area contributed by atoms with Crippen molar-refractivity contribution in [3.8, 4) is 0 Å². The quantitative estimate of drug-likeness (QED) is 0.891. The van der Waals surface area contributed by atoms with Gasteiger partial charge in [-0.25, -0.2) is 0 Å². The molecule has 2 bridgehead atoms. The Morgan fingerprint density at radius 1 is 1.23 bits per heavy atom. The molecule has 0 aliphatic carbocycles. The Morgan fingerprint density at radius 2 is 2.12 bits per heavy atom. The van der Waals surface area contributed by atoms with Gasteiger partial charge in [-0.3, -0.25) is 9.78 Å². The fraction of sp³-hybridized carbons (Fsp3) is 0.579. The van der Waals surface area contributed by atoms with Crippen molar-refractivity contribution in [1.29, 1.82) is 0 Å². The minimum absolute atomic E-state index is 0.0910. The smallest absolute Gasteiger partial charge is 0.270 e. The molecule has 0 aromatic carbocycles. The minimum Gasteiger partial charge on any atom is -0.440 e. The van der Waals surface area contributed by atoms with E-state index in [9.17, 15) is 4.79 Å². The van der Waals surface area contributed by atoms with Crippen LogP contribution in [0.5, 0.6) is 0 Å². The van der Waals surface area contributed by atoms with Crippen LogP contribution in [0.4, 0.5) is 5.88 Å². The molecule has 3 fully saturated rings. The highest BCUT2D eigenvalue weighted by atomic mass is 32.2. The van der Waals surface area contributed by atoms with Gasteiger partial charge in [-0.1, -0.05) is 0 Å². The van der Waals surface area contributed by atoms with E-state index >= 15 is 0 Å². The van der Waals surface area contributed by atoms with Crippen LogP contribution in [0.25, 0.3) is 11.0 Å². The largest absolute Gasteiger partial charge is 0.440 e. The third kappa shape index (κ3) is 3.18. The van der Waals surface area contributed by atoms with Crippen molar-refractivity contribution in [2.75, 3.05) is 49.1 Å². The van der Waals surface area contributed by atoms with Crippen LogP contribution in [0.1, 0.15) is 23.3 Å². The Labute approximate surface area is 157 Å². The summed E-state index contributed by atoms with van der Waals surface area (Å²) in [6.07, 6.45) is 4.10. The number of carbonyl (C=O) groups is 1. The van der Waals surface area contributed by atoms with Crippen molar-refractivity contribution in [1.82, 2.24) is 15.2 Å². The second-order valence-corrected chi connectivity index (χ2v) is 8.84. The molecule has 5 rings (SSSR count). The lowest BCUT2D eigenvalue weighted by Crippen LogP contribution is -2.47. The number of fused-ring (bicyclic) bond motifs is 3. The van der Waals surface area contributed by atoms with Crippen LogP contribution in [0.2, 0.25) is 0 Å². The number of piperidine rings is 1. The molecule has 3 atom stereocenters.